The number of carbonyl (C=O) groups is 2. The molecule has 0 atom stereocenters. The molecule has 1 aromatic carbocycles. The molecule has 1 aromatic rings. The lowest BCUT2D eigenvalue weighted by Gasteiger charge is -2.07. The van der Waals surface area contributed by atoms with Crippen LogP contribution >= 0.6 is 0 Å². The van der Waals surface area contributed by atoms with Gasteiger partial charge in [-0.3, -0.25) is 9.59 Å². The van der Waals surface area contributed by atoms with Crippen molar-refractivity contribution in [3.05, 3.63) is 30.1 Å². The Labute approximate surface area is 104 Å². The maximum absolute atomic E-state index is 13.2. The number of ether oxygens (including phenoxy) is 1. The van der Waals surface area contributed by atoms with Crippen molar-refractivity contribution in [2.45, 2.75) is 6.42 Å². The van der Waals surface area contributed by atoms with Crippen LogP contribution in [-0.2, 0) is 14.3 Å². The minimum atomic E-state index is -0.486. The van der Waals surface area contributed by atoms with Crippen LogP contribution < -0.4 is 10.6 Å². The fraction of sp³-hybridized carbons (Fsp3) is 0.333. The monoisotopic (exact) mass is 254 g/mol. The molecule has 0 fully saturated rings. The molecular weight excluding hydrogens is 239 g/mol. The molecule has 0 unspecified atom stereocenters. The molecule has 1 amide bonds. The number of esters is 1. The summed E-state index contributed by atoms with van der Waals surface area (Å²) in [6, 6.07) is 5.91. The van der Waals surface area contributed by atoms with Gasteiger partial charge in [-0.2, -0.15) is 0 Å². The summed E-state index contributed by atoms with van der Waals surface area (Å²) in [4.78, 5) is 22.2. The molecule has 0 aliphatic heterocycles. The Kier molecular flexibility index (Phi) is 5.79. The zero-order chi connectivity index (χ0) is 13.4. The molecule has 0 aliphatic carbocycles. The second kappa shape index (κ2) is 7.39. The lowest BCUT2D eigenvalue weighted by Crippen LogP contribution is -2.30. The smallest absolute Gasteiger partial charge is 0.306 e. The normalized spacial score (nSPS) is 9.89. The Hall–Kier alpha value is -1.95. The molecule has 2 N–H and O–H groups in total. The SMILES string of the molecule is COC(=O)CCNCC(=O)Nc1ccccc1F. The summed E-state index contributed by atoms with van der Waals surface area (Å²) in [7, 11) is 1.30. The number of hydrogen-bond acceptors (Lipinski definition) is 4. The molecule has 0 heterocycles. The molecule has 5 nitrogen and oxygen atoms in total. The second-order valence-electron chi connectivity index (χ2n) is 3.53. The number of carbonyl (C=O) groups excluding carboxylic acids is 2. The minimum Gasteiger partial charge on any atom is -0.469 e. The molecule has 0 spiro atoms. The van der Waals surface area contributed by atoms with Gasteiger partial charge in [0.15, 0.2) is 0 Å². The van der Waals surface area contributed by atoms with E-state index >= 15 is 0 Å². The Balaban J connectivity index is 2.26. The fourth-order valence-electron chi connectivity index (χ4n) is 1.25. The van der Waals surface area contributed by atoms with E-state index in [1.165, 1.54) is 19.2 Å². The van der Waals surface area contributed by atoms with E-state index < -0.39 is 5.82 Å². The van der Waals surface area contributed by atoms with Gasteiger partial charge >= 0.3 is 5.97 Å². The number of rotatable bonds is 6. The number of anilines is 1. The highest BCUT2D eigenvalue weighted by Gasteiger charge is 2.06. The van der Waals surface area contributed by atoms with E-state index in [1.54, 1.807) is 12.1 Å². The van der Waals surface area contributed by atoms with Gasteiger partial charge in [0, 0.05) is 6.54 Å². The molecule has 0 aromatic heterocycles. The Bertz CT molecular complexity index is 424. The third kappa shape index (κ3) is 4.92. The summed E-state index contributed by atoms with van der Waals surface area (Å²) in [6.07, 6.45) is 0.184. The third-order valence-electron chi connectivity index (χ3n) is 2.17. The predicted molar refractivity (Wildman–Crippen MR) is 64.5 cm³/mol. The Morgan fingerprint density at radius 3 is 2.72 bits per heavy atom. The van der Waals surface area contributed by atoms with Crippen LogP contribution in [0.25, 0.3) is 0 Å². The number of methoxy groups -OCH3 is 1. The highest BCUT2D eigenvalue weighted by molar-refractivity contribution is 5.92. The van der Waals surface area contributed by atoms with Gasteiger partial charge in [-0.25, -0.2) is 4.39 Å². The molecule has 0 saturated heterocycles. The molecule has 18 heavy (non-hydrogen) atoms. The lowest BCUT2D eigenvalue weighted by molar-refractivity contribution is -0.140. The zero-order valence-electron chi connectivity index (χ0n) is 10.0. The topological polar surface area (TPSA) is 67.4 Å². The van der Waals surface area contributed by atoms with E-state index in [0.29, 0.717) is 6.54 Å². The number of nitrogens with one attached hydrogen (secondary N) is 2. The standard InChI is InChI=1S/C12H15FN2O3/c1-18-12(17)6-7-14-8-11(16)15-10-5-3-2-4-9(10)13/h2-5,14H,6-8H2,1H3,(H,15,16). The summed E-state index contributed by atoms with van der Waals surface area (Å²) in [6.45, 7) is 0.336. The largest absolute Gasteiger partial charge is 0.469 e. The highest BCUT2D eigenvalue weighted by atomic mass is 19.1. The van der Waals surface area contributed by atoms with Crippen molar-refractivity contribution < 1.29 is 18.7 Å². The van der Waals surface area contributed by atoms with Crippen molar-refractivity contribution >= 4 is 17.6 Å². The van der Waals surface area contributed by atoms with E-state index in [9.17, 15) is 14.0 Å². The maximum atomic E-state index is 13.2. The van der Waals surface area contributed by atoms with Crippen LogP contribution in [0.3, 0.4) is 0 Å². The van der Waals surface area contributed by atoms with Crippen molar-refractivity contribution in [1.29, 1.82) is 0 Å². The molecule has 0 bridgehead atoms. The first kappa shape index (κ1) is 14.1. The van der Waals surface area contributed by atoms with Crippen LogP contribution in [0.5, 0.6) is 0 Å². The zero-order valence-corrected chi connectivity index (χ0v) is 10.0. The van der Waals surface area contributed by atoms with Crippen molar-refractivity contribution in [1.82, 2.24) is 5.32 Å². The summed E-state index contributed by atoms with van der Waals surface area (Å²) in [5, 5.41) is 5.17. The van der Waals surface area contributed by atoms with E-state index in [0.717, 1.165) is 0 Å². The van der Waals surface area contributed by atoms with Crippen LogP contribution in [-0.4, -0.2) is 32.1 Å². The number of halogens is 1. The molecule has 0 saturated carbocycles. The third-order valence-corrected chi connectivity index (χ3v) is 2.17. The van der Waals surface area contributed by atoms with Gasteiger partial charge in [0.1, 0.15) is 5.82 Å². The number of hydrogen-bond donors (Lipinski definition) is 2. The average Bonchev–Trinajstić information content (AvgIpc) is 2.37. The van der Waals surface area contributed by atoms with Gasteiger partial charge in [0.25, 0.3) is 0 Å². The lowest BCUT2D eigenvalue weighted by atomic mass is 10.3. The van der Waals surface area contributed by atoms with Gasteiger partial charge in [-0.1, -0.05) is 12.1 Å². The van der Waals surface area contributed by atoms with Crippen LogP contribution in [0.4, 0.5) is 10.1 Å². The fourth-order valence-corrected chi connectivity index (χ4v) is 1.25. The molecular formula is C12H15FN2O3. The summed E-state index contributed by atoms with van der Waals surface area (Å²) in [5.74, 6) is -1.21. The average molecular weight is 254 g/mol. The number of amides is 1. The van der Waals surface area contributed by atoms with Gasteiger partial charge in [0.05, 0.1) is 25.8 Å². The summed E-state index contributed by atoms with van der Waals surface area (Å²) in [5.41, 5.74) is 0.136. The van der Waals surface area contributed by atoms with Crippen LogP contribution in [0.2, 0.25) is 0 Å². The maximum Gasteiger partial charge on any atom is 0.306 e. The van der Waals surface area contributed by atoms with E-state index in [1.807, 2.05) is 0 Å². The molecule has 0 radical (unpaired) electrons. The summed E-state index contributed by atoms with van der Waals surface area (Å²) >= 11 is 0. The van der Waals surface area contributed by atoms with Gasteiger partial charge in [-0.05, 0) is 12.1 Å². The van der Waals surface area contributed by atoms with Gasteiger partial charge in [-0.15, -0.1) is 0 Å². The van der Waals surface area contributed by atoms with E-state index in [4.69, 9.17) is 0 Å². The quantitative estimate of drug-likeness (QED) is 0.585. The van der Waals surface area contributed by atoms with Crippen molar-refractivity contribution in [3.8, 4) is 0 Å². The van der Waals surface area contributed by atoms with Gasteiger partial charge in [0.2, 0.25) is 5.91 Å². The predicted octanol–water partition coefficient (Wildman–Crippen LogP) is 0.917. The van der Waals surface area contributed by atoms with Crippen molar-refractivity contribution in [2.24, 2.45) is 0 Å². The molecule has 6 heteroatoms. The molecule has 98 valence electrons. The van der Waals surface area contributed by atoms with E-state index in [-0.39, 0.29) is 30.5 Å². The van der Waals surface area contributed by atoms with Crippen LogP contribution in [0.15, 0.2) is 24.3 Å². The number of para-hydroxylation sites is 1. The van der Waals surface area contributed by atoms with Crippen LogP contribution in [0, 0.1) is 5.82 Å². The minimum absolute atomic E-state index is 0.00529. The summed E-state index contributed by atoms with van der Waals surface area (Å²) < 4.78 is 17.6. The molecule has 0 aliphatic rings. The first-order valence-electron chi connectivity index (χ1n) is 5.45. The first-order valence-corrected chi connectivity index (χ1v) is 5.45. The highest BCUT2D eigenvalue weighted by Crippen LogP contribution is 2.11. The molecule has 1 rings (SSSR count). The first-order chi connectivity index (χ1) is 8.63. The Morgan fingerprint density at radius 2 is 2.06 bits per heavy atom. The van der Waals surface area contributed by atoms with Crippen LogP contribution in [0.1, 0.15) is 6.42 Å². The van der Waals surface area contributed by atoms with E-state index in [2.05, 4.69) is 15.4 Å². The van der Waals surface area contributed by atoms with Gasteiger partial charge < -0.3 is 15.4 Å². The Morgan fingerprint density at radius 1 is 1.33 bits per heavy atom. The second-order valence-corrected chi connectivity index (χ2v) is 3.53. The van der Waals surface area contributed by atoms with Crippen molar-refractivity contribution in [3.63, 3.8) is 0 Å². The van der Waals surface area contributed by atoms with Crippen molar-refractivity contribution in [2.75, 3.05) is 25.5 Å². The number of benzene rings is 1.